The number of anilines is 1. The van der Waals surface area contributed by atoms with E-state index in [0.717, 1.165) is 22.6 Å². The second-order valence-corrected chi connectivity index (χ2v) is 9.73. The average Bonchev–Trinajstić information content (AvgIpc) is 3.09. The van der Waals surface area contributed by atoms with Crippen LogP contribution in [-0.4, -0.2) is 27.4 Å². The molecule has 2 atom stereocenters. The first kappa shape index (κ1) is 19.6. The molecule has 1 aromatic carbocycles. The summed E-state index contributed by atoms with van der Waals surface area (Å²) >= 11 is 0. The van der Waals surface area contributed by atoms with Gasteiger partial charge in [-0.3, -0.25) is 4.79 Å². The quantitative estimate of drug-likeness (QED) is 0.694. The van der Waals surface area contributed by atoms with Crippen LogP contribution in [0.5, 0.6) is 0 Å². The number of rotatable bonds is 1. The van der Waals surface area contributed by atoms with Crippen LogP contribution in [0.25, 0.3) is 11.3 Å². The number of allylic oxidation sites excluding steroid dienone is 3. The van der Waals surface area contributed by atoms with Gasteiger partial charge in [0.15, 0.2) is 0 Å². The molecule has 1 amide bonds. The monoisotopic (exact) mass is 390 g/mol. The zero-order valence-electron chi connectivity index (χ0n) is 18.2. The zero-order chi connectivity index (χ0) is 21.0. The highest BCUT2D eigenvalue weighted by atomic mass is 16.2. The Kier molecular flexibility index (Phi) is 4.52. The number of fused-ring (bicyclic) bond motifs is 5. The van der Waals surface area contributed by atoms with Gasteiger partial charge in [0, 0.05) is 29.4 Å². The number of amides is 1. The van der Waals surface area contributed by atoms with Gasteiger partial charge in [-0.15, -0.1) is 5.10 Å². The average molecular weight is 391 g/mol. The van der Waals surface area contributed by atoms with Gasteiger partial charge in [0.1, 0.15) is 0 Å². The molecule has 0 saturated carbocycles. The summed E-state index contributed by atoms with van der Waals surface area (Å²) in [6.45, 7) is 13.2. The van der Waals surface area contributed by atoms with Gasteiger partial charge in [-0.2, -0.15) is 0 Å². The molecule has 4 rings (SSSR count). The maximum Gasteiger partial charge on any atom is 0.229 e. The molecule has 1 aromatic heterocycles. The molecule has 0 spiro atoms. The molecule has 0 fully saturated rings. The van der Waals surface area contributed by atoms with Gasteiger partial charge in [-0.05, 0) is 26.8 Å². The first-order chi connectivity index (χ1) is 13.6. The highest BCUT2D eigenvalue weighted by Crippen LogP contribution is 2.49. The minimum atomic E-state index is -0.264. The van der Waals surface area contributed by atoms with Gasteiger partial charge in [-0.1, -0.05) is 68.5 Å². The summed E-state index contributed by atoms with van der Waals surface area (Å²) < 4.78 is 2.01. The normalized spacial score (nSPS) is 23.3. The van der Waals surface area contributed by atoms with Crippen molar-refractivity contribution < 1.29 is 4.79 Å². The summed E-state index contributed by atoms with van der Waals surface area (Å²) in [5.41, 5.74) is 3.44. The number of carbonyl (C=O) groups excluding carboxylic acids is 1. The summed E-state index contributed by atoms with van der Waals surface area (Å²) in [4.78, 5) is 15.3. The topological polar surface area (TPSA) is 51.0 Å². The van der Waals surface area contributed by atoms with Gasteiger partial charge in [-0.25, -0.2) is 4.68 Å². The number of hydrogen-bond donors (Lipinski definition) is 0. The molecule has 5 heteroatoms. The Bertz CT molecular complexity index is 1010. The third-order valence-corrected chi connectivity index (χ3v) is 5.94. The Balaban J connectivity index is 2.06. The van der Waals surface area contributed by atoms with Crippen LogP contribution in [0.15, 0.2) is 48.6 Å². The van der Waals surface area contributed by atoms with Crippen molar-refractivity contribution in [2.24, 2.45) is 11.3 Å². The Morgan fingerprint density at radius 3 is 2.62 bits per heavy atom. The van der Waals surface area contributed by atoms with Crippen molar-refractivity contribution in [3.63, 3.8) is 0 Å². The third kappa shape index (κ3) is 3.13. The van der Waals surface area contributed by atoms with Gasteiger partial charge in [0.05, 0.1) is 22.6 Å². The van der Waals surface area contributed by atoms with Crippen molar-refractivity contribution >= 4 is 11.6 Å². The molecular weight excluding hydrogens is 360 g/mol. The lowest BCUT2D eigenvalue weighted by molar-refractivity contribution is -0.121. The van der Waals surface area contributed by atoms with E-state index in [2.05, 4.69) is 68.4 Å². The van der Waals surface area contributed by atoms with E-state index in [9.17, 15) is 4.79 Å². The predicted molar refractivity (Wildman–Crippen MR) is 117 cm³/mol. The fourth-order valence-corrected chi connectivity index (χ4v) is 4.40. The Hall–Kier alpha value is -2.69. The van der Waals surface area contributed by atoms with E-state index in [1.165, 1.54) is 0 Å². The molecule has 152 valence electrons. The van der Waals surface area contributed by atoms with Gasteiger partial charge >= 0.3 is 0 Å². The standard InChI is InChI=1S/C24H30N4O/c1-16(2)22(29)27-15-24(6)14-10-9-12-18(24)20-21(17-11-7-8-13-19(17)27)28(26-25-20)23(3,4)5/h7-14,16,18H,15H2,1-6H3. The van der Waals surface area contributed by atoms with Crippen LogP contribution < -0.4 is 4.90 Å². The molecule has 0 saturated heterocycles. The van der Waals surface area contributed by atoms with Crippen LogP contribution in [0.3, 0.4) is 0 Å². The number of benzene rings is 1. The molecule has 1 aliphatic carbocycles. The van der Waals surface area contributed by atoms with Crippen LogP contribution in [0, 0.1) is 11.3 Å². The number of nitrogens with zero attached hydrogens (tertiary/aromatic N) is 4. The summed E-state index contributed by atoms with van der Waals surface area (Å²) in [5, 5.41) is 9.27. The highest BCUT2D eigenvalue weighted by Gasteiger charge is 2.43. The van der Waals surface area contributed by atoms with E-state index in [4.69, 9.17) is 0 Å². The van der Waals surface area contributed by atoms with Crippen LogP contribution in [0.4, 0.5) is 5.69 Å². The first-order valence-corrected chi connectivity index (χ1v) is 10.4. The van der Waals surface area contributed by atoms with E-state index >= 15 is 0 Å². The Morgan fingerprint density at radius 2 is 1.93 bits per heavy atom. The number of carbonyl (C=O) groups is 1. The number of hydrogen-bond acceptors (Lipinski definition) is 3. The summed E-state index contributed by atoms with van der Waals surface area (Å²) in [6.07, 6.45) is 8.57. The molecule has 0 N–H and O–H groups in total. The predicted octanol–water partition coefficient (Wildman–Crippen LogP) is 4.92. The second kappa shape index (κ2) is 6.68. The number of para-hydroxylation sites is 1. The maximum atomic E-state index is 13.3. The van der Waals surface area contributed by atoms with Gasteiger partial charge < -0.3 is 4.90 Å². The highest BCUT2D eigenvalue weighted by molar-refractivity contribution is 5.99. The van der Waals surface area contributed by atoms with E-state index in [1.54, 1.807) is 0 Å². The molecular formula is C24H30N4O. The van der Waals surface area contributed by atoms with Crippen molar-refractivity contribution in [1.82, 2.24) is 15.0 Å². The number of aromatic nitrogens is 3. The Labute approximate surface area is 173 Å². The fourth-order valence-electron chi connectivity index (χ4n) is 4.40. The lowest BCUT2D eigenvalue weighted by Gasteiger charge is -2.42. The van der Waals surface area contributed by atoms with Crippen LogP contribution in [0.2, 0.25) is 0 Å². The van der Waals surface area contributed by atoms with E-state index in [1.807, 2.05) is 41.6 Å². The lowest BCUT2D eigenvalue weighted by Crippen LogP contribution is -2.45. The van der Waals surface area contributed by atoms with Crippen molar-refractivity contribution in [2.75, 3.05) is 11.4 Å². The van der Waals surface area contributed by atoms with Crippen molar-refractivity contribution in [3.8, 4) is 11.3 Å². The fraction of sp³-hybridized carbons (Fsp3) is 0.458. The van der Waals surface area contributed by atoms with E-state index < -0.39 is 0 Å². The second-order valence-electron chi connectivity index (χ2n) is 9.73. The molecule has 2 unspecified atom stereocenters. The molecule has 5 nitrogen and oxygen atoms in total. The molecule has 0 bridgehead atoms. The first-order valence-electron chi connectivity index (χ1n) is 10.4. The van der Waals surface area contributed by atoms with Crippen molar-refractivity contribution in [3.05, 3.63) is 54.3 Å². The van der Waals surface area contributed by atoms with Gasteiger partial charge in [0.2, 0.25) is 5.91 Å². The smallest absolute Gasteiger partial charge is 0.229 e. The summed E-state index contributed by atoms with van der Waals surface area (Å²) in [5.74, 6) is 0.103. The largest absolute Gasteiger partial charge is 0.311 e. The molecule has 1 aliphatic heterocycles. The molecule has 2 aromatic rings. The summed E-state index contributed by atoms with van der Waals surface area (Å²) in [7, 11) is 0. The van der Waals surface area contributed by atoms with Crippen LogP contribution >= 0.6 is 0 Å². The molecule has 0 radical (unpaired) electrons. The van der Waals surface area contributed by atoms with Crippen molar-refractivity contribution in [2.45, 2.75) is 53.0 Å². The molecule has 2 heterocycles. The minimum absolute atomic E-state index is 0.0504. The molecule has 2 aliphatic rings. The maximum absolute atomic E-state index is 13.3. The third-order valence-electron chi connectivity index (χ3n) is 5.94. The Morgan fingerprint density at radius 1 is 1.21 bits per heavy atom. The van der Waals surface area contributed by atoms with Crippen molar-refractivity contribution in [1.29, 1.82) is 0 Å². The van der Waals surface area contributed by atoms with E-state index in [-0.39, 0.29) is 28.7 Å². The summed E-state index contributed by atoms with van der Waals surface area (Å²) in [6, 6.07) is 8.16. The van der Waals surface area contributed by atoms with E-state index in [0.29, 0.717) is 6.54 Å². The van der Waals surface area contributed by atoms with Crippen LogP contribution in [0.1, 0.15) is 53.2 Å². The lowest BCUT2D eigenvalue weighted by atomic mass is 9.70. The SMILES string of the molecule is CC(C)C(=O)N1CC2(C)C=CC=CC2c2nnn(C(C)(C)C)c2-c2ccccc21. The molecule has 29 heavy (non-hydrogen) atoms. The van der Waals surface area contributed by atoms with Crippen LogP contribution in [-0.2, 0) is 10.3 Å². The van der Waals surface area contributed by atoms with Gasteiger partial charge in [0.25, 0.3) is 0 Å². The minimum Gasteiger partial charge on any atom is -0.311 e. The zero-order valence-corrected chi connectivity index (χ0v) is 18.2.